The van der Waals surface area contributed by atoms with Gasteiger partial charge in [0.25, 0.3) is 0 Å². The van der Waals surface area contributed by atoms with E-state index in [0.29, 0.717) is 13.1 Å². The molecule has 1 N–H and O–H groups in total. The third-order valence-electron chi connectivity index (χ3n) is 4.91. The molecule has 1 aliphatic rings. The molecule has 3 rings (SSSR count). The monoisotopic (exact) mass is 367 g/mol. The molecular formula is C21H23N2O4-. The lowest BCUT2D eigenvalue weighted by Crippen LogP contribution is -2.60. The fourth-order valence-electron chi connectivity index (χ4n) is 3.17. The van der Waals surface area contributed by atoms with Crippen LogP contribution in [0.3, 0.4) is 0 Å². The highest BCUT2D eigenvalue weighted by Gasteiger charge is 2.37. The number of aliphatic carboxylic acids is 1. The van der Waals surface area contributed by atoms with Gasteiger partial charge in [-0.25, -0.2) is 4.79 Å². The van der Waals surface area contributed by atoms with Crippen molar-refractivity contribution in [1.29, 1.82) is 0 Å². The largest absolute Gasteiger partial charge is 0.548 e. The number of anilines is 1. The number of rotatable bonds is 5. The molecule has 2 aromatic carbocycles. The third-order valence-corrected chi connectivity index (χ3v) is 4.91. The van der Waals surface area contributed by atoms with Gasteiger partial charge in [0.1, 0.15) is 6.61 Å². The molecule has 1 heterocycles. The molecule has 1 amide bonds. The molecule has 0 aromatic heterocycles. The molecule has 1 fully saturated rings. The van der Waals surface area contributed by atoms with Crippen LogP contribution in [0.4, 0.5) is 10.5 Å². The van der Waals surface area contributed by atoms with Gasteiger partial charge >= 0.3 is 6.09 Å². The summed E-state index contributed by atoms with van der Waals surface area (Å²) in [6.45, 7) is 2.78. The Labute approximate surface area is 158 Å². The highest BCUT2D eigenvalue weighted by molar-refractivity contribution is 5.81. The van der Waals surface area contributed by atoms with Gasteiger partial charge in [0.2, 0.25) is 0 Å². The SMILES string of the molecule is Cc1ccc(COC(=O)N2CCC(Nc3ccccc3)(C(=O)[O-])CC2)cc1. The van der Waals surface area contributed by atoms with Crippen molar-refractivity contribution in [2.75, 3.05) is 18.4 Å². The van der Waals surface area contributed by atoms with E-state index >= 15 is 0 Å². The Balaban J connectivity index is 1.56. The zero-order valence-electron chi connectivity index (χ0n) is 15.3. The number of benzene rings is 2. The lowest BCUT2D eigenvalue weighted by molar-refractivity contribution is -0.313. The van der Waals surface area contributed by atoms with Crippen molar-refractivity contribution in [3.05, 3.63) is 65.7 Å². The molecule has 142 valence electrons. The summed E-state index contributed by atoms with van der Waals surface area (Å²) in [4.78, 5) is 25.6. The first-order chi connectivity index (χ1) is 13.0. The van der Waals surface area contributed by atoms with Gasteiger partial charge in [-0.05, 0) is 37.5 Å². The smallest absolute Gasteiger partial charge is 0.410 e. The fraction of sp³-hybridized carbons (Fsp3) is 0.333. The van der Waals surface area contributed by atoms with Gasteiger partial charge in [0.05, 0.1) is 11.5 Å². The van der Waals surface area contributed by atoms with Crippen LogP contribution in [0.1, 0.15) is 24.0 Å². The number of carbonyl (C=O) groups is 2. The van der Waals surface area contributed by atoms with Crippen molar-refractivity contribution in [2.24, 2.45) is 0 Å². The van der Waals surface area contributed by atoms with Crippen molar-refractivity contribution >= 4 is 17.7 Å². The highest BCUT2D eigenvalue weighted by Crippen LogP contribution is 2.27. The number of carbonyl (C=O) groups excluding carboxylic acids is 2. The minimum atomic E-state index is -1.19. The Morgan fingerprint density at radius 1 is 1.07 bits per heavy atom. The molecule has 27 heavy (non-hydrogen) atoms. The topological polar surface area (TPSA) is 81.7 Å². The van der Waals surface area contributed by atoms with Crippen molar-refractivity contribution in [3.63, 3.8) is 0 Å². The van der Waals surface area contributed by atoms with Crippen LogP contribution in [0.5, 0.6) is 0 Å². The van der Waals surface area contributed by atoms with Crippen LogP contribution >= 0.6 is 0 Å². The molecule has 0 radical (unpaired) electrons. The maximum Gasteiger partial charge on any atom is 0.410 e. The molecule has 0 saturated carbocycles. The van der Waals surface area contributed by atoms with Crippen LogP contribution < -0.4 is 10.4 Å². The van der Waals surface area contributed by atoms with Crippen LogP contribution in [-0.4, -0.2) is 35.6 Å². The Morgan fingerprint density at radius 3 is 2.30 bits per heavy atom. The van der Waals surface area contributed by atoms with E-state index in [0.717, 1.165) is 16.8 Å². The second-order valence-corrected chi connectivity index (χ2v) is 6.89. The molecule has 6 heteroatoms. The molecule has 6 nitrogen and oxygen atoms in total. The summed E-state index contributed by atoms with van der Waals surface area (Å²) in [5, 5.41) is 14.9. The van der Waals surface area contributed by atoms with E-state index in [1.165, 1.54) is 0 Å². The third kappa shape index (κ3) is 4.58. The predicted molar refractivity (Wildman–Crippen MR) is 100.0 cm³/mol. The number of carboxylic acid groups (broad SMARTS) is 1. The van der Waals surface area contributed by atoms with Crippen LogP contribution in [-0.2, 0) is 16.1 Å². The summed E-state index contributed by atoms with van der Waals surface area (Å²) in [5.41, 5.74) is 1.60. The van der Waals surface area contributed by atoms with E-state index in [-0.39, 0.29) is 19.4 Å². The number of nitrogens with one attached hydrogen (secondary N) is 1. The van der Waals surface area contributed by atoms with Crippen LogP contribution in [0.25, 0.3) is 0 Å². The fourth-order valence-corrected chi connectivity index (χ4v) is 3.17. The number of ether oxygens (including phenoxy) is 1. The van der Waals surface area contributed by atoms with E-state index < -0.39 is 17.6 Å². The zero-order valence-corrected chi connectivity index (χ0v) is 15.3. The standard InChI is InChI=1S/C21H24N2O4/c1-16-7-9-17(10-8-16)15-27-20(26)23-13-11-21(12-14-23,19(24)25)22-18-5-3-2-4-6-18/h2-10,22H,11-15H2,1H3,(H,24,25)/p-1. The van der Waals surface area contributed by atoms with E-state index in [2.05, 4.69) is 5.32 Å². The lowest BCUT2D eigenvalue weighted by atomic mass is 9.87. The molecular weight excluding hydrogens is 344 g/mol. The first-order valence-electron chi connectivity index (χ1n) is 9.00. The van der Waals surface area contributed by atoms with Gasteiger partial charge in [0.15, 0.2) is 0 Å². The molecule has 2 aromatic rings. The van der Waals surface area contributed by atoms with E-state index in [1.54, 1.807) is 4.90 Å². The zero-order chi connectivity index (χ0) is 19.3. The number of hydrogen-bond acceptors (Lipinski definition) is 5. The molecule has 0 aliphatic carbocycles. The van der Waals surface area contributed by atoms with Gasteiger partial charge in [-0.2, -0.15) is 0 Å². The van der Waals surface area contributed by atoms with Crippen molar-refractivity contribution in [1.82, 2.24) is 4.90 Å². The second kappa shape index (κ2) is 8.12. The number of amides is 1. The van der Waals surface area contributed by atoms with Gasteiger partial charge in [0, 0.05) is 18.8 Å². The van der Waals surface area contributed by atoms with Gasteiger partial charge in [-0.3, -0.25) is 0 Å². The number of hydrogen-bond donors (Lipinski definition) is 1. The van der Waals surface area contributed by atoms with Gasteiger partial charge in [-0.1, -0.05) is 48.0 Å². The lowest BCUT2D eigenvalue weighted by Gasteiger charge is -2.43. The minimum absolute atomic E-state index is 0.198. The Morgan fingerprint density at radius 2 is 1.70 bits per heavy atom. The number of piperidine rings is 1. The first-order valence-corrected chi connectivity index (χ1v) is 9.00. The van der Waals surface area contributed by atoms with Crippen molar-refractivity contribution in [3.8, 4) is 0 Å². The summed E-state index contributed by atoms with van der Waals surface area (Å²) in [6, 6.07) is 16.9. The molecule has 0 atom stereocenters. The highest BCUT2D eigenvalue weighted by atomic mass is 16.6. The Kier molecular flexibility index (Phi) is 5.64. The number of nitrogens with zero attached hydrogens (tertiary/aromatic N) is 1. The molecule has 0 spiro atoms. The van der Waals surface area contributed by atoms with E-state index in [1.807, 2.05) is 61.5 Å². The molecule has 0 unspecified atom stereocenters. The Hall–Kier alpha value is -3.02. The van der Waals surface area contributed by atoms with E-state index in [4.69, 9.17) is 4.74 Å². The normalized spacial score (nSPS) is 15.8. The minimum Gasteiger partial charge on any atom is -0.548 e. The van der Waals surface area contributed by atoms with Crippen molar-refractivity contribution in [2.45, 2.75) is 31.9 Å². The number of carboxylic acids is 1. The number of aryl methyl sites for hydroxylation is 1. The quantitative estimate of drug-likeness (QED) is 0.877. The van der Waals surface area contributed by atoms with Crippen LogP contribution in [0.15, 0.2) is 54.6 Å². The number of likely N-dealkylation sites (tertiary alicyclic amines) is 1. The van der Waals surface area contributed by atoms with Crippen LogP contribution in [0.2, 0.25) is 0 Å². The summed E-state index contributed by atoms with van der Waals surface area (Å²) in [7, 11) is 0. The van der Waals surface area contributed by atoms with Crippen LogP contribution in [0, 0.1) is 6.92 Å². The maximum atomic E-state index is 12.3. The van der Waals surface area contributed by atoms with Gasteiger partial charge in [-0.15, -0.1) is 0 Å². The van der Waals surface area contributed by atoms with Gasteiger partial charge < -0.3 is 24.9 Å². The average molecular weight is 367 g/mol. The predicted octanol–water partition coefficient (Wildman–Crippen LogP) is 2.33. The molecule has 0 bridgehead atoms. The summed E-state index contributed by atoms with van der Waals surface area (Å²) in [6.07, 6.45) is 0.0792. The molecule has 1 saturated heterocycles. The molecule has 1 aliphatic heterocycles. The number of para-hydroxylation sites is 1. The van der Waals surface area contributed by atoms with Crippen molar-refractivity contribution < 1.29 is 19.4 Å². The maximum absolute atomic E-state index is 12.3. The summed E-state index contributed by atoms with van der Waals surface area (Å²) < 4.78 is 5.36. The Bertz CT molecular complexity index is 782. The van der Waals surface area contributed by atoms with E-state index in [9.17, 15) is 14.7 Å². The summed E-state index contributed by atoms with van der Waals surface area (Å²) >= 11 is 0. The average Bonchev–Trinajstić information content (AvgIpc) is 2.68. The second-order valence-electron chi connectivity index (χ2n) is 6.89. The summed E-state index contributed by atoms with van der Waals surface area (Å²) in [5.74, 6) is -1.15. The first kappa shape index (κ1) is 18.8.